The van der Waals surface area contributed by atoms with E-state index in [0.717, 1.165) is 13.0 Å². The highest BCUT2D eigenvalue weighted by molar-refractivity contribution is 6.01. The molecule has 0 radical (unpaired) electrons. The highest BCUT2D eigenvalue weighted by Crippen LogP contribution is 2.57. The molecule has 0 aromatic carbocycles. The van der Waals surface area contributed by atoms with Gasteiger partial charge in [-0.05, 0) is 26.2 Å². The maximum atomic E-state index is 11.5. The van der Waals surface area contributed by atoms with Crippen LogP contribution >= 0.6 is 0 Å². The molecule has 2 aliphatic carbocycles. The van der Waals surface area contributed by atoms with Crippen LogP contribution in [-0.2, 0) is 9.53 Å². The molecule has 3 N–H and O–H groups in total. The summed E-state index contributed by atoms with van der Waals surface area (Å²) in [5.41, 5.74) is 0.262. The molecule has 3 amide bonds. The minimum absolute atomic E-state index is 0.0925. The Kier molecular flexibility index (Phi) is 4.93. The van der Waals surface area contributed by atoms with Crippen LogP contribution < -0.4 is 16.0 Å². The van der Waals surface area contributed by atoms with Crippen molar-refractivity contribution in [3.8, 4) is 0 Å². The summed E-state index contributed by atoms with van der Waals surface area (Å²) in [6, 6.07) is 0.0578. The predicted octanol–water partition coefficient (Wildman–Crippen LogP) is 0.0509. The molecule has 8 heteroatoms. The molecule has 8 nitrogen and oxygen atoms in total. The molecular weight excluding hydrogens is 310 g/mol. The standard InChI is InChI=1S/C16H27N5O3/c1-3-24-12-9-11(16(12)5-4-6-16)20-14(17-2)18-7-8-21-13(22)10-19-15(21)23/h11-12H,3-10H2,1-2H3,(H,19,23)(H2,17,18,20). The molecule has 2 atom stereocenters. The van der Waals surface area contributed by atoms with E-state index in [0.29, 0.717) is 31.2 Å². The Morgan fingerprint density at radius 1 is 1.46 bits per heavy atom. The summed E-state index contributed by atoms with van der Waals surface area (Å²) in [4.78, 5) is 28.5. The molecule has 0 aromatic heterocycles. The van der Waals surface area contributed by atoms with Crippen LogP contribution in [0.4, 0.5) is 4.79 Å². The van der Waals surface area contributed by atoms with Crippen molar-refractivity contribution in [3.05, 3.63) is 0 Å². The van der Waals surface area contributed by atoms with E-state index >= 15 is 0 Å². The first-order chi connectivity index (χ1) is 11.6. The maximum absolute atomic E-state index is 11.5. The maximum Gasteiger partial charge on any atom is 0.324 e. The second kappa shape index (κ2) is 6.96. The van der Waals surface area contributed by atoms with E-state index < -0.39 is 0 Å². The minimum Gasteiger partial charge on any atom is -0.378 e. The number of rotatable bonds is 6. The molecule has 0 bridgehead atoms. The lowest BCUT2D eigenvalue weighted by Crippen LogP contribution is -2.68. The first-order valence-electron chi connectivity index (χ1n) is 8.77. The predicted molar refractivity (Wildman–Crippen MR) is 89.7 cm³/mol. The van der Waals surface area contributed by atoms with Gasteiger partial charge in [0.25, 0.3) is 0 Å². The number of guanidine groups is 1. The van der Waals surface area contributed by atoms with Gasteiger partial charge in [-0.15, -0.1) is 0 Å². The molecule has 134 valence electrons. The van der Waals surface area contributed by atoms with Gasteiger partial charge in [-0.1, -0.05) is 6.42 Å². The molecule has 1 aliphatic heterocycles. The van der Waals surface area contributed by atoms with Gasteiger partial charge in [0.15, 0.2) is 5.96 Å². The van der Waals surface area contributed by atoms with Crippen LogP contribution in [0.5, 0.6) is 0 Å². The van der Waals surface area contributed by atoms with Gasteiger partial charge in [-0.2, -0.15) is 0 Å². The number of carbonyl (C=O) groups excluding carboxylic acids is 2. The zero-order valence-corrected chi connectivity index (χ0v) is 14.4. The third-order valence-corrected chi connectivity index (χ3v) is 5.54. The number of urea groups is 1. The van der Waals surface area contributed by atoms with E-state index in [1.165, 1.54) is 24.2 Å². The summed E-state index contributed by atoms with van der Waals surface area (Å²) >= 11 is 0. The van der Waals surface area contributed by atoms with Gasteiger partial charge in [0.2, 0.25) is 5.91 Å². The quantitative estimate of drug-likeness (QED) is 0.362. The Balaban J connectivity index is 1.46. The number of nitrogens with zero attached hydrogens (tertiary/aromatic N) is 2. The summed E-state index contributed by atoms with van der Waals surface area (Å²) in [6.07, 6.45) is 5.03. The highest BCUT2D eigenvalue weighted by Gasteiger charge is 2.59. The SMILES string of the molecule is CCOC1CC(NC(=NC)NCCN2C(=O)CNC2=O)C12CCC2. The molecule has 3 aliphatic rings. The molecule has 2 unspecified atom stereocenters. The van der Waals surface area contributed by atoms with Crippen molar-refractivity contribution in [1.82, 2.24) is 20.9 Å². The molecule has 2 saturated carbocycles. The number of nitrogens with one attached hydrogen (secondary N) is 3. The van der Waals surface area contributed by atoms with Gasteiger partial charge in [0, 0.05) is 38.2 Å². The van der Waals surface area contributed by atoms with E-state index in [4.69, 9.17) is 4.74 Å². The van der Waals surface area contributed by atoms with Crippen molar-refractivity contribution in [3.63, 3.8) is 0 Å². The number of hydrogen-bond donors (Lipinski definition) is 3. The van der Waals surface area contributed by atoms with E-state index in [1.807, 2.05) is 6.92 Å². The largest absolute Gasteiger partial charge is 0.378 e. The summed E-state index contributed by atoms with van der Waals surface area (Å²) in [6.45, 7) is 3.72. The van der Waals surface area contributed by atoms with Crippen LogP contribution in [0.1, 0.15) is 32.6 Å². The molecular formula is C16H27N5O3. The van der Waals surface area contributed by atoms with Gasteiger partial charge in [0.1, 0.15) is 0 Å². The Bertz CT molecular complexity index is 516. The van der Waals surface area contributed by atoms with Gasteiger partial charge >= 0.3 is 6.03 Å². The van der Waals surface area contributed by atoms with Crippen LogP contribution in [-0.4, -0.2) is 68.2 Å². The van der Waals surface area contributed by atoms with Crippen molar-refractivity contribution < 1.29 is 14.3 Å². The van der Waals surface area contributed by atoms with Crippen LogP contribution in [0.2, 0.25) is 0 Å². The van der Waals surface area contributed by atoms with E-state index in [9.17, 15) is 9.59 Å². The monoisotopic (exact) mass is 337 g/mol. The topological polar surface area (TPSA) is 95.1 Å². The van der Waals surface area contributed by atoms with Gasteiger partial charge < -0.3 is 20.7 Å². The van der Waals surface area contributed by atoms with Gasteiger partial charge in [-0.3, -0.25) is 14.7 Å². The average molecular weight is 337 g/mol. The molecule has 3 fully saturated rings. The smallest absolute Gasteiger partial charge is 0.324 e. The Labute approximate surface area is 142 Å². The molecule has 1 spiro atoms. The Morgan fingerprint density at radius 3 is 2.79 bits per heavy atom. The second-order valence-electron chi connectivity index (χ2n) is 6.67. The van der Waals surface area contributed by atoms with Gasteiger partial charge in [0.05, 0.1) is 12.6 Å². The molecule has 0 aromatic rings. The summed E-state index contributed by atoms with van der Waals surface area (Å²) in [5, 5.41) is 9.20. The Hall–Kier alpha value is -1.83. The first-order valence-corrected chi connectivity index (χ1v) is 8.77. The van der Waals surface area contributed by atoms with E-state index in [1.54, 1.807) is 7.05 Å². The van der Waals surface area contributed by atoms with Crippen molar-refractivity contribution in [2.45, 2.75) is 44.8 Å². The number of amides is 3. The molecule has 1 saturated heterocycles. The van der Waals surface area contributed by atoms with Crippen LogP contribution in [0, 0.1) is 5.41 Å². The average Bonchev–Trinajstić information content (AvgIpc) is 2.82. The summed E-state index contributed by atoms with van der Waals surface area (Å²) in [5.74, 6) is 0.532. The van der Waals surface area contributed by atoms with Crippen molar-refractivity contribution in [1.29, 1.82) is 0 Å². The lowest BCUT2D eigenvalue weighted by molar-refractivity contribution is -0.168. The first kappa shape index (κ1) is 17.0. The fraction of sp³-hybridized carbons (Fsp3) is 0.812. The molecule has 1 heterocycles. The van der Waals surface area contributed by atoms with Crippen LogP contribution in [0.15, 0.2) is 4.99 Å². The number of imide groups is 1. The number of ether oxygens (including phenoxy) is 1. The molecule has 24 heavy (non-hydrogen) atoms. The third-order valence-electron chi connectivity index (χ3n) is 5.54. The zero-order valence-electron chi connectivity index (χ0n) is 14.4. The minimum atomic E-state index is -0.322. The van der Waals surface area contributed by atoms with Crippen LogP contribution in [0.25, 0.3) is 0 Å². The zero-order chi connectivity index (χ0) is 17.2. The Morgan fingerprint density at radius 2 is 2.25 bits per heavy atom. The second-order valence-corrected chi connectivity index (χ2v) is 6.67. The highest BCUT2D eigenvalue weighted by atomic mass is 16.5. The number of aliphatic imine (C=N–C) groups is 1. The van der Waals surface area contributed by atoms with E-state index in [2.05, 4.69) is 20.9 Å². The van der Waals surface area contributed by atoms with Crippen molar-refractivity contribution in [2.75, 3.05) is 33.3 Å². The normalized spacial score (nSPS) is 28.4. The lowest BCUT2D eigenvalue weighted by atomic mass is 9.51. The lowest BCUT2D eigenvalue weighted by Gasteiger charge is -2.61. The van der Waals surface area contributed by atoms with Crippen molar-refractivity contribution in [2.24, 2.45) is 10.4 Å². The van der Waals surface area contributed by atoms with E-state index in [-0.39, 0.29) is 23.9 Å². The number of carbonyl (C=O) groups is 2. The van der Waals surface area contributed by atoms with Crippen LogP contribution in [0.3, 0.4) is 0 Å². The van der Waals surface area contributed by atoms with Crippen molar-refractivity contribution >= 4 is 17.9 Å². The third kappa shape index (κ3) is 2.94. The number of hydrogen-bond acceptors (Lipinski definition) is 4. The van der Waals surface area contributed by atoms with Gasteiger partial charge in [-0.25, -0.2) is 4.79 Å². The fourth-order valence-electron chi connectivity index (χ4n) is 3.97. The summed E-state index contributed by atoms with van der Waals surface area (Å²) < 4.78 is 5.86. The fourth-order valence-corrected chi connectivity index (χ4v) is 3.97. The molecule has 3 rings (SSSR count). The summed E-state index contributed by atoms with van der Waals surface area (Å²) in [7, 11) is 1.73.